The van der Waals surface area contributed by atoms with Crippen LogP contribution in [0, 0.1) is 0 Å². The zero-order valence-corrected chi connectivity index (χ0v) is 37.1. The topological polar surface area (TPSA) is 9.86 Å². The van der Waals surface area contributed by atoms with Gasteiger partial charge in [0, 0.05) is 39.1 Å². The van der Waals surface area contributed by atoms with Crippen molar-refractivity contribution >= 4 is 56.1 Å². The van der Waals surface area contributed by atoms with Crippen LogP contribution in [0.4, 0.5) is 0 Å². The summed E-state index contributed by atoms with van der Waals surface area (Å²) in [6.07, 6.45) is 16.1. The smallest absolute Gasteiger partial charge is 0.0662 e. The fraction of sp³-hybridized carbons (Fsp3) is 0.232. The van der Waals surface area contributed by atoms with Crippen molar-refractivity contribution in [3.8, 4) is 16.8 Å². The molecular weight excluding hydrogens is 701 g/mol. The van der Waals surface area contributed by atoms with Gasteiger partial charge in [-0.05, 0) is 86.4 Å². The van der Waals surface area contributed by atoms with Crippen molar-refractivity contribution < 1.29 is 0 Å². The summed E-state index contributed by atoms with van der Waals surface area (Å²) >= 11 is 0. The van der Waals surface area contributed by atoms with Gasteiger partial charge in [-0.15, -0.1) is 0 Å². The van der Waals surface area contributed by atoms with Crippen molar-refractivity contribution in [3.63, 3.8) is 0 Å². The molecule has 0 saturated heterocycles. The molecule has 1 aliphatic carbocycles. The maximum atomic E-state index is 4.01. The molecular formula is C56H66N2. The second kappa shape index (κ2) is 24.5. The van der Waals surface area contributed by atoms with Crippen molar-refractivity contribution in [2.45, 2.75) is 89.0 Å². The summed E-state index contributed by atoms with van der Waals surface area (Å²) in [6, 6.07) is 43.8. The molecule has 0 fully saturated rings. The summed E-state index contributed by atoms with van der Waals surface area (Å²) < 4.78 is 4.78. The summed E-state index contributed by atoms with van der Waals surface area (Å²) in [7, 11) is 0. The number of para-hydroxylation sites is 2. The maximum Gasteiger partial charge on any atom is 0.0662 e. The first-order chi connectivity index (χ1) is 28.7. The highest BCUT2D eigenvalue weighted by atomic mass is 15.0. The third-order valence-corrected chi connectivity index (χ3v) is 9.42. The van der Waals surface area contributed by atoms with Crippen LogP contribution in [0.25, 0.3) is 72.9 Å². The normalized spacial score (nSPS) is 12.3. The van der Waals surface area contributed by atoms with E-state index in [1.807, 2.05) is 99.6 Å². The number of nitrogens with zero attached hydrogens (tertiary/aromatic N) is 2. The van der Waals surface area contributed by atoms with Crippen molar-refractivity contribution in [2.75, 3.05) is 0 Å². The lowest BCUT2D eigenvalue weighted by Gasteiger charge is -2.10. The summed E-state index contributed by atoms with van der Waals surface area (Å²) in [5, 5.41) is 6.20. The lowest BCUT2D eigenvalue weighted by atomic mass is 10.0. The van der Waals surface area contributed by atoms with Crippen molar-refractivity contribution in [1.29, 1.82) is 0 Å². The molecule has 300 valence electrons. The van der Waals surface area contributed by atoms with Gasteiger partial charge in [-0.3, -0.25) is 0 Å². The van der Waals surface area contributed by atoms with Gasteiger partial charge in [-0.2, -0.15) is 0 Å². The Hall–Kier alpha value is -6.08. The summed E-state index contributed by atoms with van der Waals surface area (Å²) in [5.74, 6) is 0. The quantitative estimate of drug-likeness (QED) is 0.118. The molecule has 0 bridgehead atoms. The maximum absolute atomic E-state index is 4.01. The lowest BCUT2D eigenvalue weighted by molar-refractivity contribution is 0.990. The Bertz CT molecular complexity index is 2600. The summed E-state index contributed by atoms with van der Waals surface area (Å²) in [6.45, 7) is 26.1. The van der Waals surface area contributed by atoms with E-state index in [2.05, 4.69) is 162 Å². The van der Waals surface area contributed by atoms with Crippen LogP contribution >= 0.6 is 0 Å². The first kappa shape index (κ1) is 46.3. The molecule has 0 spiro atoms. The number of rotatable bonds is 6. The van der Waals surface area contributed by atoms with Crippen molar-refractivity contribution in [1.82, 2.24) is 9.13 Å². The molecule has 1 aliphatic rings. The highest BCUT2D eigenvalue weighted by Crippen LogP contribution is 2.37. The molecule has 0 aliphatic heterocycles. The predicted octanol–water partition coefficient (Wildman–Crippen LogP) is 15.7. The van der Waals surface area contributed by atoms with Crippen LogP contribution in [0.15, 0.2) is 164 Å². The van der Waals surface area contributed by atoms with E-state index in [9.17, 15) is 0 Å². The largest absolute Gasteiger partial charge is 0.309 e. The van der Waals surface area contributed by atoms with E-state index >= 15 is 0 Å². The summed E-state index contributed by atoms with van der Waals surface area (Å²) in [4.78, 5) is 0. The molecule has 0 N–H and O–H groups in total. The van der Waals surface area contributed by atoms with Gasteiger partial charge in [0.25, 0.3) is 0 Å². The minimum absolute atomic E-state index is 0.946. The van der Waals surface area contributed by atoms with Crippen LogP contribution < -0.4 is 10.6 Å². The second-order valence-corrected chi connectivity index (χ2v) is 12.4. The van der Waals surface area contributed by atoms with Gasteiger partial charge in [0.2, 0.25) is 0 Å². The monoisotopic (exact) mass is 767 g/mol. The van der Waals surface area contributed by atoms with Crippen molar-refractivity contribution in [2.24, 2.45) is 0 Å². The van der Waals surface area contributed by atoms with Crippen LogP contribution in [-0.2, 0) is 0 Å². The molecule has 0 radical (unpaired) electrons. The van der Waals surface area contributed by atoms with E-state index in [0.717, 1.165) is 12.8 Å². The van der Waals surface area contributed by atoms with Gasteiger partial charge in [-0.25, -0.2) is 0 Å². The fourth-order valence-electron chi connectivity index (χ4n) is 7.20. The standard InChI is InChI=1S/C42H32N2.C6H10.4C2H6/c1-3-13-39-35(4-2)36-18-8-10-20-40(36)44(39)34-24-22-31(27-34)32-23-25-42-38(28-32)37-19-9-11-21-41(37)43(42)33-17-12-16-30(26-33)29-14-6-5-7-15-29;1-3-5-6-4-2;4*1-2/h3-21,23,25-26,28H,1,22,24H2,2H3;3-6H,1-2H3;4*1-2H3/b35-4-,39-13+;5-3-,6-4-;;;;. The SMILES string of the molecule is C/C=C\C=C/C.C=C/C=c1\c(=C/C)c2ccccc2n1C1=C=C(c2ccc3c(c2)c2ccccc2n3-c2cccc(-c3ccccc3)c2)CC1.CC.CC.CC.CC. The van der Waals surface area contributed by atoms with Gasteiger partial charge in [0.15, 0.2) is 0 Å². The number of hydrogen-bond acceptors (Lipinski definition) is 0. The first-order valence-electron chi connectivity index (χ1n) is 21.5. The van der Waals surface area contributed by atoms with Crippen LogP contribution in [0.1, 0.15) is 94.6 Å². The zero-order chi connectivity index (χ0) is 42.5. The third-order valence-electron chi connectivity index (χ3n) is 9.42. The lowest BCUT2D eigenvalue weighted by Crippen LogP contribution is -2.28. The first-order valence-corrected chi connectivity index (χ1v) is 21.5. The van der Waals surface area contributed by atoms with Gasteiger partial charge < -0.3 is 9.13 Å². The number of fused-ring (bicyclic) bond motifs is 4. The summed E-state index contributed by atoms with van der Waals surface area (Å²) in [5.41, 5.74) is 14.8. The Balaban J connectivity index is 0.000000572. The number of aromatic nitrogens is 2. The Morgan fingerprint density at radius 3 is 1.71 bits per heavy atom. The molecule has 0 unspecified atom stereocenters. The Morgan fingerprint density at radius 1 is 0.517 bits per heavy atom. The van der Waals surface area contributed by atoms with Gasteiger partial charge in [-0.1, -0.05) is 189 Å². The number of hydrogen-bond donors (Lipinski definition) is 0. The number of allylic oxidation sites excluding steroid dienone is 6. The molecule has 2 heteroatoms. The molecule has 58 heavy (non-hydrogen) atoms. The predicted molar refractivity (Wildman–Crippen MR) is 263 cm³/mol. The number of benzene rings is 5. The average Bonchev–Trinajstić information content (AvgIpc) is 4.01. The Kier molecular flexibility index (Phi) is 19.6. The second-order valence-electron chi connectivity index (χ2n) is 12.4. The van der Waals surface area contributed by atoms with E-state index in [-0.39, 0.29) is 0 Å². The van der Waals surface area contributed by atoms with Gasteiger partial charge >= 0.3 is 0 Å². The van der Waals surface area contributed by atoms with Crippen LogP contribution in [0.2, 0.25) is 0 Å². The zero-order valence-electron chi connectivity index (χ0n) is 37.1. The fourth-order valence-corrected chi connectivity index (χ4v) is 7.20. The molecule has 5 aromatic carbocycles. The molecule has 7 aromatic rings. The van der Waals surface area contributed by atoms with Crippen molar-refractivity contribution in [3.05, 3.63) is 180 Å². The van der Waals surface area contributed by atoms with Crippen LogP contribution in [-0.4, -0.2) is 9.13 Å². The van der Waals surface area contributed by atoms with E-state index in [0.29, 0.717) is 0 Å². The van der Waals surface area contributed by atoms with Crippen LogP contribution in [0.3, 0.4) is 0 Å². The molecule has 0 atom stereocenters. The molecule has 2 nitrogen and oxygen atoms in total. The molecule has 0 amide bonds. The third kappa shape index (κ3) is 10.3. The van der Waals surface area contributed by atoms with E-state index in [4.69, 9.17) is 0 Å². The van der Waals surface area contributed by atoms with E-state index < -0.39 is 0 Å². The highest BCUT2D eigenvalue weighted by molar-refractivity contribution is 6.10. The van der Waals surface area contributed by atoms with E-state index in [1.165, 1.54) is 76.9 Å². The van der Waals surface area contributed by atoms with Gasteiger partial charge in [0.05, 0.1) is 27.6 Å². The minimum Gasteiger partial charge on any atom is -0.309 e. The molecule has 8 rings (SSSR count). The molecule has 2 aromatic heterocycles. The van der Waals surface area contributed by atoms with Gasteiger partial charge in [0.1, 0.15) is 0 Å². The van der Waals surface area contributed by atoms with Crippen LogP contribution in [0.5, 0.6) is 0 Å². The average molecular weight is 767 g/mol. The Morgan fingerprint density at radius 2 is 1.09 bits per heavy atom. The van der Waals surface area contributed by atoms with E-state index in [1.54, 1.807) is 0 Å². The molecule has 0 saturated carbocycles. The highest BCUT2D eigenvalue weighted by Gasteiger charge is 2.18. The Labute approximate surface area is 349 Å². The molecule has 2 heterocycles. The minimum atomic E-state index is 0.946.